The number of hydrogen-bond acceptors (Lipinski definition) is 4. The van der Waals surface area contributed by atoms with Crippen LogP contribution in [0.15, 0.2) is 47.1 Å². The van der Waals surface area contributed by atoms with Crippen LogP contribution in [0.3, 0.4) is 0 Å². The fraction of sp³-hybridized carbons (Fsp3) is 0.235. The Morgan fingerprint density at radius 3 is 2.39 bits per heavy atom. The van der Waals surface area contributed by atoms with Crippen LogP contribution in [0.25, 0.3) is 0 Å². The number of pyridine rings is 1. The summed E-state index contributed by atoms with van der Waals surface area (Å²) < 4.78 is 5.61. The number of hydrogen-bond donors (Lipinski definition) is 1. The molecule has 1 aliphatic rings. The predicted octanol–water partition coefficient (Wildman–Crippen LogP) is 3.05. The molecule has 1 fully saturated rings. The fourth-order valence-electron chi connectivity index (χ4n) is 2.43. The van der Waals surface area contributed by atoms with Gasteiger partial charge in [0.05, 0.1) is 18.2 Å². The topological polar surface area (TPSA) is 68.3 Å². The van der Waals surface area contributed by atoms with E-state index in [0.29, 0.717) is 5.56 Å². The number of ether oxygens (including phenoxy) is 1. The second-order valence-corrected chi connectivity index (χ2v) is 6.38. The fourth-order valence-corrected chi connectivity index (χ4v) is 2.69. The van der Waals surface area contributed by atoms with Crippen molar-refractivity contribution < 1.29 is 14.3 Å². The van der Waals surface area contributed by atoms with Crippen molar-refractivity contribution in [3.8, 4) is 0 Å². The van der Waals surface area contributed by atoms with Gasteiger partial charge in [-0.15, -0.1) is 0 Å². The van der Waals surface area contributed by atoms with Crippen LogP contribution in [0.5, 0.6) is 0 Å². The number of aromatic nitrogens is 1. The minimum atomic E-state index is -0.474. The van der Waals surface area contributed by atoms with E-state index in [2.05, 4.69) is 31.0 Å². The van der Waals surface area contributed by atoms with Crippen molar-refractivity contribution in [1.29, 1.82) is 0 Å². The molecule has 118 valence electrons. The molecule has 1 heterocycles. The molecule has 2 aromatic rings. The highest BCUT2D eigenvalue weighted by molar-refractivity contribution is 9.10. The molecule has 0 aliphatic heterocycles. The maximum Gasteiger partial charge on any atom is 0.339 e. The van der Waals surface area contributed by atoms with Crippen molar-refractivity contribution in [2.24, 2.45) is 0 Å². The quantitative estimate of drug-likeness (QED) is 0.835. The average Bonchev–Trinajstić information content (AvgIpc) is 3.35. The lowest BCUT2D eigenvalue weighted by Crippen LogP contribution is -2.35. The van der Waals surface area contributed by atoms with Crippen molar-refractivity contribution in [2.75, 3.05) is 7.11 Å². The third-order valence-corrected chi connectivity index (χ3v) is 4.45. The van der Waals surface area contributed by atoms with E-state index < -0.39 is 5.97 Å². The molecule has 0 bridgehead atoms. The molecule has 0 unspecified atom stereocenters. The molecule has 1 aromatic heterocycles. The molecule has 1 aliphatic carbocycles. The van der Waals surface area contributed by atoms with Gasteiger partial charge in [0.15, 0.2) is 0 Å². The van der Waals surface area contributed by atoms with E-state index in [4.69, 9.17) is 0 Å². The summed E-state index contributed by atoms with van der Waals surface area (Å²) in [7, 11) is 1.30. The van der Waals surface area contributed by atoms with Crippen LogP contribution < -0.4 is 5.32 Å². The largest absolute Gasteiger partial charge is 0.465 e. The zero-order valence-corrected chi connectivity index (χ0v) is 14.1. The van der Waals surface area contributed by atoms with E-state index in [1.54, 1.807) is 0 Å². The molecule has 1 amide bonds. The van der Waals surface area contributed by atoms with Crippen LogP contribution >= 0.6 is 15.9 Å². The molecule has 3 rings (SSSR count). The molecule has 1 aromatic carbocycles. The number of benzene rings is 1. The average molecular weight is 375 g/mol. The highest BCUT2D eigenvalue weighted by Gasteiger charge is 2.45. The normalized spacial score (nSPS) is 14.9. The molecular formula is C17H15BrN2O3. The Morgan fingerprint density at radius 2 is 1.87 bits per heavy atom. The third kappa shape index (κ3) is 3.27. The van der Waals surface area contributed by atoms with Gasteiger partial charge < -0.3 is 10.1 Å². The number of nitrogens with zero attached hydrogens (tertiary/aromatic N) is 1. The maximum atomic E-state index is 12.4. The van der Waals surface area contributed by atoms with Crippen molar-refractivity contribution in [2.45, 2.75) is 18.4 Å². The number of carbonyl (C=O) groups is 2. The first-order valence-corrected chi connectivity index (χ1v) is 7.96. The molecule has 1 saturated carbocycles. The van der Waals surface area contributed by atoms with Gasteiger partial charge in [-0.2, -0.15) is 0 Å². The van der Waals surface area contributed by atoms with Crippen molar-refractivity contribution >= 4 is 27.8 Å². The Labute approximate surface area is 142 Å². The second kappa shape index (κ2) is 6.12. The van der Waals surface area contributed by atoms with E-state index in [1.807, 2.05) is 24.3 Å². The van der Waals surface area contributed by atoms with Gasteiger partial charge in [-0.25, -0.2) is 4.79 Å². The summed E-state index contributed by atoms with van der Waals surface area (Å²) >= 11 is 3.41. The van der Waals surface area contributed by atoms with Gasteiger partial charge in [0.1, 0.15) is 5.69 Å². The van der Waals surface area contributed by atoms with Crippen LogP contribution in [-0.2, 0) is 10.3 Å². The SMILES string of the molecule is COC(=O)c1ccc(C(=O)NC2(c3ccc(Br)cc3)CC2)nc1. The Kier molecular flexibility index (Phi) is 4.17. The van der Waals surface area contributed by atoms with E-state index >= 15 is 0 Å². The Hall–Kier alpha value is -2.21. The smallest absolute Gasteiger partial charge is 0.339 e. The number of amides is 1. The molecule has 23 heavy (non-hydrogen) atoms. The molecule has 0 saturated heterocycles. The first-order valence-electron chi connectivity index (χ1n) is 7.17. The van der Waals surface area contributed by atoms with Crippen LogP contribution in [0.2, 0.25) is 0 Å². The predicted molar refractivity (Wildman–Crippen MR) is 88.1 cm³/mol. The Balaban J connectivity index is 1.74. The van der Waals surface area contributed by atoms with E-state index in [-0.39, 0.29) is 17.1 Å². The van der Waals surface area contributed by atoms with Crippen molar-refractivity contribution in [1.82, 2.24) is 10.3 Å². The molecule has 1 N–H and O–H groups in total. The number of esters is 1. The summed E-state index contributed by atoms with van der Waals surface area (Å²) in [5.41, 5.74) is 1.37. The van der Waals surface area contributed by atoms with Crippen LogP contribution in [-0.4, -0.2) is 24.0 Å². The lowest BCUT2D eigenvalue weighted by molar-refractivity contribution is 0.0599. The number of nitrogens with one attached hydrogen (secondary N) is 1. The first-order chi connectivity index (χ1) is 11.0. The summed E-state index contributed by atoms with van der Waals surface area (Å²) in [6.45, 7) is 0. The highest BCUT2D eigenvalue weighted by atomic mass is 79.9. The molecule has 0 spiro atoms. The van der Waals surface area contributed by atoms with Crippen molar-refractivity contribution in [3.05, 3.63) is 63.9 Å². The Bertz CT molecular complexity index is 737. The highest BCUT2D eigenvalue weighted by Crippen LogP contribution is 2.45. The first kappa shape index (κ1) is 15.7. The standard InChI is InChI=1S/C17H15BrN2O3/c1-23-16(22)11-2-7-14(19-10-11)15(21)20-17(8-9-17)12-3-5-13(18)6-4-12/h2-7,10H,8-9H2,1H3,(H,20,21). The number of halogens is 1. The maximum absolute atomic E-state index is 12.4. The van der Waals surface area contributed by atoms with Gasteiger partial charge in [-0.3, -0.25) is 9.78 Å². The van der Waals surface area contributed by atoms with Gasteiger partial charge in [0.2, 0.25) is 0 Å². The number of rotatable bonds is 4. The molecule has 0 atom stereocenters. The van der Waals surface area contributed by atoms with Gasteiger partial charge in [0, 0.05) is 10.7 Å². The number of methoxy groups -OCH3 is 1. The minimum absolute atomic E-state index is 0.248. The molecule has 0 radical (unpaired) electrons. The molecular weight excluding hydrogens is 360 g/mol. The number of carbonyl (C=O) groups excluding carboxylic acids is 2. The van der Waals surface area contributed by atoms with Crippen LogP contribution in [0.1, 0.15) is 39.3 Å². The van der Waals surface area contributed by atoms with Gasteiger partial charge >= 0.3 is 5.97 Å². The second-order valence-electron chi connectivity index (χ2n) is 5.47. The van der Waals surface area contributed by atoms with Gasteiger partial charge in [-0.1, -0.05) is 28.1 Å². The lowest BCUT2D eigenvalue weighted by Gasteiger charge is -2.18. The molecule has 6 heteroatoms. The van der Waals surface area contributed by atoms with Gasteiger partial charge in [0.25, 0.3) is 5.91 Å². The summed E-state index contributed by atoms with van der Waals surface area (Å²) in [6, 6.07) is 11.0. The monoisotopic (exact) mass is 374 g/mol. The summed E-state index contributed by atoms with van der Waals surface area (Å²) in [6.07, 6.45) is 3.15. The third-order valence-electron chi connectivity index (χ3n) is 3.92. The summed E-state index contributed by atoms with van der Waals surface area (Å²) in [4.78, 5) is 27.8. The summed E-state index contributed by atoms with van der Waals surface area (Å²) in [5.74, 6) is -0.722. The zero-order valence-electron chi connectivity index (χ0n) is 12.5. The Morgan fingerprint density at radius 1 is 1.17 bits per heavy atom. The van der Waals surface area contributed by atoms with Gasteiger partial charge in [-0.05, 0) is 42.7 Å². The lowest BCUT2D eigenvalue weighted by atomic mass is 10.0. The van der Waals surface area contributed by atoms with E-state index in [0.717, 1.165) is 22.9 Å². The van der Waals surface area contributed by atoms with Crippen LogP contribution in [0, 0.1) is 0 Å². The molecule has 5 nitrogen and oxygen atoms in total. The summed E-state index contributed by atoms with van der Waals surface area (Å²) in [5, 5.41) is 3.05. The minimum Gasteiger partial charge on any atom is -0.465 e. The van der Waals surface area contributed by atoms with E-state index in [1.165, 1.54) is 25.4 Å². The van der Waals surface area contributed by atoms with Crippen molar-refractivity contribution in [3.63, 3.8) is 0 Å². The van der Waals surface area contributed by atoms with E-state index in [9.17, 15) is 9.59 Å². The zero-order chi connectivity index (χ0) is 16.4. The van der Waals surface area contributed by atoms with Crippen LogP contribution in [0.4, 0.5) is 0 Å².